The van der Waals surface area contributed by atoms with E-state index >= 15 is 4.39 Å². The molecule has 0 radical (unpaired) electrons. The highest BCUT2D eigenvalue weighted by molar-refractivity contribution is 7.98. The van der Waals surface area contributed by atoms with Crippen molar-refractivity contribution in [1.82, 2.24) is 15.0 Å². The summed E-state index contributed by atoms with van der Waals surface area (Å²) in [4.78, 5) is 16.5. The third-order valence-electron chi connectivity index (χ3n) is 7.75. The Morgan fingerprint density at radius 2 is 1.95 bits per heavy atom. The lowest BCUT2D eigenvalue weighted by atomic mass is 9.95. The molecule has 2 aromatic carbocycles. The summed E-state index contributed by atoms with van der Waals surface area (Å²) >= 11 is 1.44. The van der Waals surface area contributed by atoms with E-state index in [1.165, 1.54) is 31.0 Å². The summed E-state index contributed by atoms with van der Waals surface area (Å²) in [5, 5.41) is 3.20. The average molecular weight is 519 g/mol. The number of rotatable bonds is 7. The van der Waals surface area contributed by atoms with E-state index in [2.05, 4.69) is 22.9 Å². The number of pyridine rings is 1. The number of halogens is 1. The van der Waals surface area contributed by atoms with Crippen molar-refractivity contribution in [3.63, 3.8) is 0 Å². The number of anilines is 1. The second kappa shape index (κ2) is 10.1. The van der Waals surface area contributed by atoms with Crippen molar-refractivity contribution >= 4 is 39.3 Å². The zero-order chi connectivity index (χ0) is 25.5. The van der Waals surface area contributed by atoms with E-state index in [0.29, 0.717) is 39.2 Å². The molecular weight excluding hydrogens is 487 g/mol. The molecule has 1 aliphatic carbocycles. The Morgan fingerprint density at radius 3 is 2.68 bits per heavy atom. The van der Waals surface area contributed by atoms with E-state index in [4.69, 9.17) is 19.4 Å². The number of methoxy groups -OCH3 is 1. The van der Waals surface area contributed by atoms with E-state index in [-0.39, 0.29) is 12.5 Å². The van der Waals surface area contributed by atoms with Gasteiger partial charge in [-0.3, -0.25) is 4.98 Å². The van der Waals surface area contributed by atoms with Gasteiger partial charge in [0.15, 0.2) is 17.8 Å². The first-order valence-corrected chi connectivity index (χ1v) is 14.1. The van der Waals surface area contributed by atoms with Gasteiger partial charge in [0.05, 0.1) is 5.39 Å². The molecule has 0 amide bonds. The van der Waals surface area contributed by atoms with Gasteiger partial charge in [-0.1, -0.05) is 36.9 Å². The summed E-state index contributed by atoms with van der Waals surface area (Å²) < 4.78 is 27.4. The van der Waals surface area contributed by atoms with Crippen molar-refractivity contribution in [3.05, 3.63) is 47.9 Å². The molecule has 192 valence electrons. The van der Waals surface area contributed by atoms with Gasteiger partial charge in [0.25, 0.3) is 0 Å². The number of aryl methyl sites for hydroxylation is 1. The number of thioether (sulfide) groups is 1. The van der Waals surface area contributed by atoms with E-state index < -0.39 is 5.82 Å². The van der Waals surface area contributed by atoms with E-state index in [9.17, 15) is 0 Å². The van der Waals surface area contributed by atoms with Crippen LogP contribution in [0.1, 0.15) is 31.7 Å². The lowest BCUT2D eigenvalue weighted by Gasteiger charge is -2.33. The van der Waals surface area contributed by atoms with Gasteiger partial charge in [-0.2, -0.15) is 0 Å². The smallest absolute Gasteiger partial charge is 0.189 e. The Kier molecular flexibility index (Phi) is 6.63. The first-order chi connectivity index (χ1) is 18.1. The van der Waals surface area contributed by atoms with Gasteiger partial charge in [0, 0.05) is 32.0 Å². The molecule has 0 spiro atoms. The van der Waals surface area contributed by atoms with Gasteiger partial charge < -0.3 is 14.4 Å². The molecule has 2 aromatic heterocycles. The Bertz CT molecular complexity index is 1470. The second-order valence-electron chi connectivity index (χ2n) is 10.1. The molecule has 2 fully saturated rings. The fraction of sp³-hybridized carbons (Fsp3) is 0.414. The second-order valence-corrected chi connectivity index (χ2v) is 10.8. The summed E-state index contributed by atoms with van der Waals surface area (Å²) in [6, 6.07) is 9.94. The first kappa shape index (κ1) is 24.4. The molecule has 2 atom stereocenters. The maximum atomic E-state index is 16.5. The van der Waals surface area contributed by atoms with Crippen molar-refractivity contribution < 1.29 is 13.9 Å². The van der Waals surface area contributed by atoms with Crippen molar-refractivity contribution in [2.24, 2.45) is 11.8 Å². The maximum absolute atomic E-state index is 16.5. The molecule has 3 heterocycles. The predicted molar refractivity (Wildman–Crippen MR) is 147 cm³/mol. The van der Waals surface area contributed by atoms with Gasteiger partial charge in [0.2, 0.25) is 0 Å². The van der Waals surface area contributed by atoms with Crippen LogP contribution in [0.4, 0.5) is 10.2 Å². The van der Waals surface area contributed by atoms with Crippen LogP contribution in [-0.4, -0.2) is 48.2 Å². The van der Waals surface area contributed by atoms with E-state index in [1.54, 1.807) is 13.3 Å². The van der Waals surface area contributed by atoms with Crippen LogP contribution in [0, 0.1) is 17.7 Å². The van der Waals surface area contributed by atoms with Gasteiger partial charge >= 0.3 is 0 Å². The van der Waals surface area contributed by atoms with Crippen LogP contribution in [0.3, 0.4) is 0 Å². The third-order valence-corrected chi connectivity index (χ3v) is 8.30. The van der Waals surface area contributed by atoms with Gasteiger partial charge in [-0.25, -0.2) is 14.4 Å². The Hall–Kier alpha value is -2.97. The highest BCUT2D eigenvalue weighted by atomic mass is 32.2. The number of hydrogen-bond acceptors (Lipinski definition) is 7. The topological polar surface area (TPSA) is 60.4 Å². The molecule has 2 aliphatic rings. The Labute approximate surface area is 220 Å². The zero-order valence-electron chi connectivity index (χ0n) is 21.5. The molecule has 8 heteroatoms. The number of hydrogen-bond donors (Lipinski definition) is 0. The van der Waals surface area contributed by atoms with Crippen LogP contribution >= 0.6 is 11.8 Å². The van der Waals surface area contributed by atoms with Crippen LogP contribution in [-0.2, 0) is 11.2 Å². The molecule has 1 saturated heterocycles. The number of piperidine rings is 1. The largest absolute Gasteiger partial charge is 0.468 e. The minimum atomic E-state index is -0.424. The molecule has 1 aliphatic heterocycles. The summed E-state index contributed by atoms with van der Waals surface area (Å²) in [6.07, 6.45) is 8.34. The lowest BCUT2D eigenvalue weighted by Crippen LogP contribution is -2.37. The van der Waals surface area contributed by atoms with Gasteiger partial charge in [-0.15, -0.1) is 0 Å². The minimum absolute atomic E-state index is 0.109. The fourth-order valence-electron chi connectivity index (χ4n) is 6.09. The number of aromatic nitrogens is 3. The maximum Gasteiger partial charge on any atom is 0.189 e. The summed E-state index contributed by atoms with van der Waals surface area (Å²) in [7, 11) is 1.58. The SMILES string of the molecule is CCc1cccc2cc(OCOC)cc(-c3ncc4c(N5CC6CCC(C6)C5)nc(SC)nc4c3F)c12. The summed E-state index contributed by atoms with van der Waals surface area (Å²) in [6.45, 7) is 4.14. The monoisotopic (exact) mass is 518 g/mol. The molecule has 0 N–H and O–H groups in total. The van der Waals surface area contributed by atoms with E-state index in [1.807, 2.05) is 30.5 Å². The average Bonchev–Trinajstić information content (AvgIpc) is 3.27. The highest BCUT2D eigenvalue weighted by Gasteiger charge is 2.34. The molecule has 4 aromatic rings. The van der Waals surface area contributed by atoms with Crippen LogP contribution < -0.4 is 9.64 Å². The number of nitrogens with zero attached hydrogens (tertiary/aromatic N) is 4. The minimum Gasteiger partial charge on any atom is -0.468 e. The van der Waals surface area contributed by atoms with Crippen molar-refractivity contribution in [3.8, 4) is 17.0 Å². The zero-order valence-corrected chi connectivity index (χ0v) is 22.3. The molecule has 2 unspecified atom stereocenters. The van der Waals surface area contributed by atoms with Crippen LogP contribution in [0.15, 0.2) is 41.7 Å². The predicted octanol–water partition coefficient (Wildman–Crippen LogP) is 6.49. The van der Waals surface area contributed by atoms with Crippen molar-refractivity contribution in [2.45, 2.75) is 37.8 Å². The highest BCUT2D eigenvalue weighted by Crippen LogP contribution is 2.41. The summed E-state index contributed by atoms with van der Waals surface area (Å²) in [5.74, 6) is 2.36. The number of benzene rings is 2. The number of ether oxygens (including phenoxy) is 2. The molecule has 6 rings (SSSR count). The van der Waals surface area contributed by atoms with Crippen molar-refractivity contribution in [1.29, 1.82) is 0 Å². The molecule has 37 heavy (non-hydrogen) atoms. The molecule has 1 saturated carbocycles. The van der Waals surface area contributed by atoms with Crippen LogP contribution in [0.25, 0.3) is 32.9 Å². The van der Waals surface area contributed by atoms with Crippen molar-refractivity contribution in [2.75, 3.05) is 38.1 Å². The molecule has 2 bridgehead atoms. The first-order valence-electron chi connectivity index (χ1n) is 12.9. The quantitative estimate of drug-likeness (QED) is 0.157. The summed E-state index contributed by atoms with van der Waals surface area (Å²) in [5.41, 5.74) is 2.42. The van der Waals surface area contributed by atoms with Crippen LogP contribution in [0.5, 0.6) is 5.75 Å². The third kappa shape index (κ3) is 4.40. The van der Waals surface area contributed by atoms with E-state index in [0.717, 1.165) is 41.7 Å². The molecular formula is C29H31FN4O2S. The normalized spacial score (nSPS) is 19.2. The standard InChI is InChI=1S/C29H31FN4O2S/c1-4-19-6-5-7-20-11-21(36-16-35-2)12-22(24(19)20)26-25(30)27-23(13-31-26)28(33-29(32-27)37-3)34-14-17-8-9-18(10-17)15-34/h5-7,11-13,17-18H,4,8-10,14-16H2,1-3H3. The lowest BCUT2D eigenvalue weighted by molar-refractivity contribution is 0.0512. The van der Waals surface area contributed by atoms with Gasteiger partial charge in [0.1, 0.15) is 22.8 Å². The molecule has 6 nitrogen and oxygen atoms in total. The fourth-order valence-corrected chi connectivity index (χ4v) is 6.45. The Morgan fingerprint density at radius 1 is 1.14 bits per heavy atom. The Balaban J connectivity index is 1.55. The van der Waals surface area contributed by atoms with Gasteiger partial charge in [-0.05, 0) is 72.2 Å². The number of fused-ring (bicyclic) bond motifs is 4. The van der Waals surface area contributed by atoms with Crippen LogP contribution in [0.2, 0.25) is 0 Å².